The van der Waals surface area contributed by atoms with E-state index in [0.717, 1.165) is 44.9 Å². The van der Waals surface area contributed by atoms with Gasteiger partial charge in [0.15, 0.2) is 0 Å². The van der Waals surface area contributed by atoms with Crippen molar-refractivity contribution in [2.75, 3.05) is 52.9 Å². The molecule has 2 fully saturated rings. The molecule has 0 bridgehead atoms. The molecule has 2 saturated heterocycles. The van der Waals surface area contributed by atoms with Gasteiger partial charge < -0.3 is 19.9 Å². The van der Waals surface area contributed by atoms with Crippen LogP contribution in [0.5, 0.6) is 5.75 Å². The van der Waals surface area contributed by atoms with Crippen molar-refractivity contribution in [3.8, 4) is 5.75 Å². The molecule has 2 aromatic rings. The fourth-order valence-corrected chi connectivity index (χ4v) is 4.57. The summed E-state index contributed by atoms with van der Waals surface area (Å²) < 4.78 is 19.9. The van der Waals surface area contributed by atoms with Crippen LogP contribution >= 0.6 is 0 Å². The average molecular weight is 469 g/mol. The molecule has 182 valence electrons. The Hall–Kier alpha value is -2.97. The molecule has 0 aliphatic carbocycles. The molecular formula is C26H33FN4O3. The molecule has 2 aliphatic rings. The summed E-state index contributed by atoms with van der Waals surface area (Å²) in [5.41, 5.74) is 1.31. The molecule has 1 unspecified atom stereocenters. The van der Waals surface area contributed by atoms with Gasteiger partial charge in [0.05, 0.1) is 5.56 Å². The normalized spacial score (nSPS) is 18.9. The Morgan fingerprint density at radius 3 is 2.68 bits per heavy atom. The highest BCUT2D eigenvalue weighted by Gasteiger charge is 2.24. The Morgan fingerprint density at radius 1 is 1.15 bits per heavy atom. The third-order valence-corrected chi connectivity index (χ3v) is 6.41. The van der Waals surface area contributed by atoms with Crippen molar-refractivity contribution >= 4 is 11.8 Å². The topological polar surface area (TPSA) is 65.1 Å². The van der Waals surface area contributed by atoms with Crippen LogP contribution in [0.2, 0.25) is 0 Å². The van der Waals surface area contributed by atoms with E-state index in [0.29, 0.717) is 26.1 Å². The zero-order valence-electron chi connectivity index (χ0n) is 19.7. The SMILES string of the molecule is CN(Cc1cccc(OCCN2CCN(C(=O)c3ccccc3F)CC2)c1)CC1CCC(=O)N1. The van der Waals surface area contributed by atoms with Crippen molar-refractivity contribution in [3.05, 3.63) is 65.5 Å². The highest BCUT2D eigenvalue weighted by Crippen LogP contribution is 2.17. The average Bonchev–Trinajstić information content (AvgIpc) is 3.24. The van der Waals surface area contributed by atoms with Crippen molar-refractivity contribution in [3.63, 3.8) is 0 Å². The Balaban J connectivity index is 1.18. The van der Waals surface area contributed by atoms with Gasteiger partial charge in [0.2, 0.25) is 5.91 Å². The van der Waals surface area contributed by atoms with Gasteiger partial charge in [-0.15, -0.1) is 0 Å². The summed E-state index contributed by atoms with van der Waals surface area (Å²) in [7, 11) is 2.06. The van der Waals surface area contributed by atoms with Gasteiger partial charge in [0.1, 0.15) is 18.2 Å². The Morgan fingerprint density at radius 2 is 1.94 bits per heavy atom. The quantitative estimate of drug-likeness (QED) is 0.612. The summed E-state index contributed by atoms with van der Waals surface area (Å²) in [6.45, 7) is 5.61. The number of nitrogens with zero attached hydrogens (tertiary/aromatic N) is 3. The highest BCUT2D eigenvalue weighted by molar-refractivity contribution is 5.94. The lowest BCUT2D eigenvalue weighted by Gasteiger charge is -2.34. The first-order chi connectivity index (χ1) is 16.5. The largest absolute Gasteiger partial charge is 0.492 e. The summed E-state index contributed by atoms with van der Waals surface area (Å²) in [4.78, 5) is 30.2. The lowest BCUT2D eigenvalue weighted by Crippen LogP contribution is -2.49. The number of hydrogen-bond acceptors (Lipinski definition) is 5. The van der Waals surface area contributed by atoms with Crippen molar-refractivity contribution in [1.29, 1.82) is 0 Å². The number of piperazine rings is 1. The molecule has 0 aromatic heterocycles. The van der Waals surface area contributed by atoms with E-state index in [1.165, 1.54) is 17.7 Å². The van der Waals surface area contributed by atoms with Gasteiger partial charge >= 0.3 is 0 Å². The second kappa shape index (κ2) is 11.4. The number of carbonyl (C=O) groups is 2. The molecule has 34 heavy (non-hydrogen) atoms. The number of ether oxygens (including phenoxy) is 1. The van der Waals surface area contributed by atoms with E-state index in [2.05, 4.69) is 34.3 Å². The van der Waals surface area contributed by atoms with Gasteiger partial charge in [-0.2, -0.15) is 0 Å². The van der Waals surface area contributed by atoms with Gasteiger partial charge in [-0.05, 0) is 43.3 Å². The van der Waals surface area contributed by atoms with Crippen molar-refractivity contribution < 1.29 is 18.7 Å². The van der Waals surface area contributed by atoms with E-state index in [1.807, 2.05) is 12.1 Å². The van der Waals surface area contributed by atoms with Gasteiger partial charge in [-0.25, -0.2) is 4.39 Å². The van der Waals surface area contributed by atoms with Crippen LogP contribution in [0, 0.1) is 5.82 Å². The zero-order chi connectivity index (χ0) is 23.9. The number of halogens is 1. The number of hydrogen-bond donors (Lipinski definition) is 1. The van der Waals surface area contributed by atoms with Crippen LogP contribution in [0.1, 0.15) is 28.8 Å². The number of rotatable bonds is 9. The lowest BCUT2D eigenvalue weighted by molar-refractivity contribution is -0.119. The number of carbonyl (C=O) groups excluding carboxylic acids is 2. The van der Waals surface area contributed by atoms with Crippen LogP contribution in [0.3, 0.4) is 0 Å². The Bertz CT molecular complexity index is 994. The minimum atomic E-state index is -0.470. The Kier molecular flexibility index (Phi) is 8.13. The van der Waals surface area contributed by atoms with Crippen LogP contribution < -0.4 is 10.1 Å². The van der Waals surface area contributed by atoms with E-state index in [9.17, 15) is 14.0 Å². The molecule has 4 rings (SSSR count). The second-order valence-corrected chi connectivity index (χ2v) is 9.11. The van der Waals surface area contributed by atoms with Crippen molar-refractivity contribution in [1.82, 2.24) is 20.0 Å². The van der Waals surface area contributed by atoms with Crippen LogP contribution in [0.4, 0.5) is 4.39 Å². The summed E-state index contributed by atoms with van der Waals surface area (Å²) >= 11 is 0. The molecule has 0 saturated carbocycles. The van der Waals surface area contributed by atoms with Crippen molar-refractivity contribution in [2.24, 2.45) is 0 Å². The highest BCUT2D eigenvalue weighted by atomic mass is 19.1. The van der Waals surface area contributed by atoms with Gasteiger partial charge in [-0.3, -0.25) is 14.5 Å². The minimum absolute atomic E-state index is 0.137. The first-order valence-electron chi connectivity index (χ1n) is 11.9. The van der Waals surface area contributed by atoms with Gasteiger partial charge in [-0.1, -0.05) is 24.3 Å². The maximum atomic E-state index is 13.9. The fourth-order valence-electron chi connectivity index (χ4n) is 4.57. The molecule has 2 aromatic carbocycles. The van der Waals surface area contributed by atoms with E-state index >= 15 is 0 Å². The van der Waals surface area contributed by atoms with E-state index in [1.54, 1.807) is 17.0 Å². The Labute approximate surface area is 200 Å². The van der Waals surface area contributed by atoms with Crippen molar-refractivity contribution in [2.45, 2.75) is 25.4 Å². The standard InChI is InChI=1S/C26H33FN4O3/c1-29(19-21-9-10-25(32)28-21)18-20-5-4-6-22(17-20)34-16-15-30-11-13-31(14-12-30)26(33)23-7-2-3-8-24(23)27/h2-8,17,21H,9-16,18-19H2,1H3,(H,28,32). The van der Waals surface area contributed by atoms with Gasteiger partial charge in [0, 0.05) is 58.3 Å². The maximum absolute atomic E-state index is 13.9. The number of nitrogens with one attached hydrogen (secondary N) is 1. The molecule has 2 aliphatic heterocycles. The molecular weight excluding hydrogens is 435 g/mol. The third-order valence-electron chi connectivity index (χ3n) is 6.41. The summed E-state index contributed by atoms with van der Waals surface area (Å²) in [6.07, 6.45) is 1.52. The molecule has 0 radical (unpaired) electrons. The molecule has 8 heteroatoms. The molecule has 2 amide bonds. The molecule has 0 spiro atoms. The summed E-state index contributed by atoms with van der Waals surface area (Å²) in [6, 6.07) is 14.5. The molecule has 1 atom stereocenters. The number of likely N-dealkylation sites (N-methyl/N-ethyl adjacent to an activating group) is 1. The molecule has 7 nitrogen and oxygen atoms in total. The molecule has 1 N–H and O–H groups in total. The van der Waals surface area contributed by atoms with Crippen LogP contribution in [-0.4, -0.2) is 85.5 Å². The van der Waals surface area contributed by atoms with E-state index in [4.69, 9.17) is 4.74 Å². The predicted octanol–water partition coefficient (Wildman–Crippen LogP) is 2.37. The first kappa shape index (κ1) is 24.2. The smallest absolute Gasteiger partial charge is 0.256 e. The first-order valence-corrected chi connectivity index (χ1v) is 11.9. The van der Waals surface area contributed by atoms with E-state index in [-0.39, 0.29) is 23.4 Å². The maximum Gasteiger partial charge on any atom is 0.256 e. The second-order valence-electron chi connectivity index (χ2n) is 9.11. The fraction of sp³-hybridized carbons (Fsp3) is 0.462. The minimum Gasteiger partial charge on any atom is -0.492 e. The summed E-state index contributed by atoms with van der Waals surface area (Å²) in [5, 5.41) is 3.01. The third kappa shape index (κ3) is 6.55. The van der Waals surface area contributed by atoms with E-state index < -0.39 is 5.82 Å². The molecule has 2 heterocycles. The van der Waals surface area contributed by atoms with Crippen LogP contribution in [0.25, 0.3) is 0 Å². The monoisotopic (exact) mass is 468 g/mol. The van der Waals surface area contributed by atoms with Crippen LogP contribution in [-0.2, 0) is 11.3 Å². The number of amides is 2. The zero-order valence-corrected chi connectivity index (χ0v) is 19.7. The lowest BCUT2D eigenvalue weighted by atomic mass is 10.1. The van der Waals surface area contributed by atoms with Crippen LogP contribution in [0.15, 0.2) is 48.5 Å². The predicted molar refractivity (Wildman–Crippen MR) is 128 cm³/mol. The van der Waals surface area contributed by atoms with Gasteiger partial charge in [0.25, 0.3) is 5.91 Å². The summed E-state index contributed by atoms with van der Waals surface area (Å²) in [5.74, 6) is 0.272. The number of benzene rings is 2.